The number of nitrogens with one attached hydrogen (secondary N) is 1. The summed E-state index contributed by atoms with van der Waals surface area (Å²) in [5.41, 5.74) is 5.37. The molecule has 128 valence electrons. The molecule has 1 N–H and O–H groups in total. The van der Waals surface area contributed by atoms with E-state index in [1.54, 1.807) is 6.07 Å². The number of aryl methyl sites for hydroxylation is 2. The number of aromatic nitrogens is 2. The molecule has 25 heavy (non-hydrogen) atoms. The highest BCUT2D eigenvalue weighted by Crippen LogP contribution is 2.56. The molecular weight excluding hydrogens is 338 g/mol. The summed E-state index contributed by atoms with van der Waals surface area (Å²) in [6, 6.07) is 8.29. The van der Waals surface area contributed by atoms with Crippen LogP contribution >= 0.6 is 11.6 Å². The Morgan fingerprint density at radius 3 is 2.64 bits per heavy atom. The number of hydrogen-bond donors (Lipinski definition) is 1. The van der Waals surface area contributed by atoms with Crippen molar-refractivity contribution in [1.82, 2.24) is 15.5 Å². The van der Waals surface area contributed by atoms with Gasteiger partial charge in [0.05, 0.1) is 11.3 Å². The van der Waals surface area contributed by atoms with Gasteiger partial charge in [0.2, 0.25) is 6.41 Å². The second-order valence-electron chi connectivity index (χ2n) is 6.27. The molecule has 0 bridgehead atoms. The van der Waals surface area contributed by atoms with Gasteiger partial charge in [-0.15, -0.1) is 10.2 Å². The summed E-state index contributed by atoms with van der Waals surface area (Å²) in [4.78, 5) is 21.6. The summed E-state index contributed by atoms with van der Waals surface area (Å²) >= 11 is 6.24. The first kappa shape index (κ1) is 17.3. The van der Waals surface area contributed by atoms with Gasteiger partial charge in [-0.3, -0.25) is 9.59 Å². The number of allylic oxidation sites excluding steroid dienone is 1. The topological polar surface area (TPSA) is 72.0 Å². The van der Waals surface area contributed by atoms with E-state index in [0.29, 0.717) is 29.5 Å². The zero-order valence-electron chi connectivity index (χ0n) is 14.0. The van der Waals surface area contributed by atoms with E-state index in [1.807, 2.05) is 0 Å². The minimum atomic E-state index is 0.251. The first-order valence-corrected chi connectivity index (χ1v) is 8.38. The molecule has 1 aliphatic rings. The molecule has 6 heteroatoms. The first-order valence-electron chi connectivity index (χ1n) is 8.00. The highest BCUT2D eigenvalue weighted by atomic mass is 35.5. The van der Waals surface area contributed by atoms with Gasteiger partial charge in [-0.25, -0.2) is 0 Å². The normalized spacial score (nSPS) is 19.4. The third-order valence-electron chi connectivity index (χ3n) is 4.65. The van der Waals surface area contributed by atoms with Crippen molar-refractivity contribution in [2.75, 3.05) is 0 Å². The van der Waals surface area contributed by atoms with E-state index in [0.717, 1.165) is 12.0 Å². The van der Waals surface area contributed by atoms with Crippen LogP contribution in [0, 0.1) is 13.8 Å². The Hall–Kier alpha value is -2.53. The Labute approximate surface area is 151 Å². The van der Waals surface area contributed by atoms with Gasteiger partial charge in [0.1, 0.15) is 0 Å². The predicted octanol–water partition coefficient (Wildman–Crippen LogP) is 3.30. The summed E-state index contributed by atoms with van der Waals surface area (Å²) < 4.78 is 0. The molecule has 1 heterocycles. The maximum atomic E-state index is 11.2. The van der Waals surface area contributed by atoms with Gasteiger partial charge in [-0.1, -0.05) is 29.8 Å². The van der Waals surface area contributed by atoms with Crippen molar-refractivity contribution < 1.29 is 9.59 Å². The molecule has 0 saturated heterocycles. The number of aldehydes is 1. The molecule has 2 aromatic rings. The second kappa shape index (κ2) is 7.15. The Balaban J connectivity index is 1.88. The molecule has 1 fully saturated rings. The van der Waals surface area contributed by atoms with Crippen molar-refractivity contribution in [1.29, 1.82) is 0 Å². The van der Waals surface area contributed by atoms with Crippen LogP contribution in [0.3, 0.4) is 0 Å². The van der Waals surface area contributed by atoms with Gasteiger partial charge in [0, 0.05) is 6.20 Å². The Morgan fingerprint density at radius 2 is 1.96 bits per heavy atom. The third kappa shape index (κ3) is 3.61. The summed E-state index contributed by atoms with van der Waals surface area (Å²) in [5, 5.41) is 10.6. The molecule has 1 aromatic carbocycles. The fourth-order valence-corrected chi connectivity index (χ4v) is 3.22. The first-order chi connectivity index (χ1) is 12.0. The van der Waals surface area contributed by atoms with Crippen LogP contribution in [0.1, 0.15) is 46.2 Å². The molecule has 3 rings (SSSR count). The van der Waals surface area contributed by atoms with Gasteiger partial charge < -0.3 is 5.32 Å². The van der Waals surface area contributed by atoms with Crippen molar-refractivity contribution in [2.24, 2.45) is 0 Å². The maximum Gasteiger partial charge on any atom is 0.211 e. The van der Waals surface area contributed by atoms with Crippen LogP contribution in [0.4, 0.5) is 0 Å². The van der Waals surface area contributed by atoms with Gasteiger partial charge in [-0.2, -0.15) is 0 Å². The maximum absolute atomic E-state index is 11.2. The minimum Gasteiger partial charge on any atom is -0.334 e. The predicted molar refractivity (Wildman–Crippen MR) is 96.3 cm³/mol. The molecule has 5 nitrogen and oxygen atoms in total. The van der Waals surface area contributed by atoms with Crippen molar-refractivity contribution in [2.45, 2.75) is 32.1 Å². The zero-order valence-corrected chi connectivity index (χ0v) is 14.7. The third-order valence-corrected chi connectivity index (χ3v) is 4.95. The molecule has 0 aliphatic heterocycles. The van der Waals surface area contributed by atoms with E-state index in [1.165, 1.54) is 22.9 Å². The van der Waals surface area contributed by atoms with E-state index < -0.39 is 0 Å². The van der Waals surface area contributed by atoms with Crippen LogP contribution in [0.5, 0.6) is 0 Å². The average molecular weight is 356 g/mol. The van der Waals surface area contributed by atoms with Crippen LogP contribution in [0.25, 0.3) is 5.57 Å². The number of carbonyl (C=O) groups excluding carboxylic acids is 2. The largest absolute Gasteiger partial charge is 0.334 e. The van der Waals surface area contributed by atoms with Crippen molar-refractivity contribution in [3.05, 3.63) is 63.6 Å². The number of rotatable bonds is 6. The van der Waals surface area contributed by atoms with Crippen LogP contribution in [-0.4, -0.2) is 22.9 Å². The number of benzene rings is 1. The number of halogens is 1. The van der Waals surface area contributed by atoms with Crippen molar-refractivity contribution in [3.63, 3.8) is 0 Å². The standard InChI is InChI=1S/C19H18ClN3O2/c1-11-3-4-13(5-12(11)2)15-6-16(15)17-7-18(22-23-19(17)20)14(9-24)8-21-10-25/h3-5,7-10,15-16H,6H2,1-2H3,(H,21,25)/b14-8+. The van der Waals surface area contributed by atoms with E-state index in [2.05, 4.69) is 47.6 Å². The lowest BCUT2D eigenvalue weighted by Crippen LogP contribution is -2.04. The Morgan fingerprint density at radius 1 is 1.16 bits per heavy atom. The van der Waals surface area contributed by atoms with Crippen molar-refractivity contribution in [3.8, 4) is 0 Å². The van der Waals surface area contributed by atoms with Gasteiger partial charge in [0.15, 0.2) is 11.4 Å². The lowest BCUT2D eigenvalue weighted by atomic mass is 10.0. The van der Waals surface area contributed by atoms with E-state index in [-0.39, 0.29) is 11.5 Å². The molecule has 1 saturated carbocycles. The Kier molecular flexibility index (Phi) is 4.95. The molecular formula is C19H18ClN3O2. The van der Waals surface area contributed by atoms with E-state index in [9.17, 15) is 9.59 Å². The SMILES string of the molecule is Cc1ccc(C2CC2c2cc(/C(C=O)=C/NC=O)nnc2Cl)cc1C. The highest BCUT2D eigenvalue weighted by Gasteiger charge is 2.41. The molecule has 1 aliphatic carbocycles. The second-order valence-corrected chi connectivity index (χ2v) is 6.63. The number of carbonyl (C=O) groups is 2. The molecule has 2 unspecified atom stereocenters. The quantitative estimate of drug-likeness (QED) is 0.637. The molecule has 0 radical (unpaired) electrons. The zero-order chi connectivity index (χ0) is 18.0. The Bertz CT molecular complexity index is 864. The molecule has 1 aromatic heterocycles. The smallest absolute Gasteiger partial charge is 0.211 e. The van der Waals surface area contributed by atoms with Crippen LogP contribution in [0.2, 0.25) is 5.15 Å². The fourth-order valence-electron chi connectivity index (χ4n) is 2.99. The summed E-state index contributed by atoms with van der Waals surface area (Å²) in [6.45, 7) is 4.20. The molecule has 1 amide bonds. The average Bonchev–Trinajstić information content (AvgIpc) is 3.39. The van der Waals surface area contributed by atoms with Gasteiger partial charge >= 0.3 is 0 Å². The van der Waals surface area contributed by atoms with E-state index in [4.69, 9.17) is 11.6 Å². The summed E-state index contributed by atoms with van der Waals surface area (Å²) in [6.07, 6.45) is 3.41. The molecule has 2 atom stereocenters. The number of hydrogen-bond acceptors (Lipinski definition) is 4. The summed E-state index contributed by atoms with van der Waals surface area (Å²) in [7, 11) is 0. The van der Waals surface area contributed by atoms with Crippen LogP contribution in [-0.2, 0) is 9.59 Å². The van der Waals surface area contributed by atoms with Gasteiger partial charge in [0.25, 0.3) is 0 Å². The van der Waals surface area contributed by atoms with Crippen LogP contribution in [0.15, 0.2) is 30.5 Å². The highest BCUT2D eigenvalue weighted by molar-refractivity contribution is 6.30. The minimum absolute atomic E-state index is 0.251. The van der Waals surface area contributed by atoms with Crippen molar-refractivity contribution >= 4 is 29.9 Å². The lowest BCUT2D eigenvalue weighted by molar-refractivity contribution is -0.108. The molecule has 0 spiro atoms. The lowest BCUT2D eigenvalue weighted by Gasteiger charge is -2.07. The van der Waals surface area contributed by atoms with Gasteiger partial charge in [-0.05, 0) is 60.4 Å². The van der Waals surface area contributed by atoms with E-state index >= 15 is 0 Å². The summed E-state index contributed by atoms with van der Waals surface area (Å²) in [5.74, 6) is 0.654. The monoisotopic (exact) mass is 355 g/mol. The van der Waals surface area contributed by atoms with Crippen LogP contribution < -0.4 is 5.32 Å². The number of amides is 1. The number of nitrogens with zero attached hydrogens (tertiary/aromatic N) is 2. The fraction of sp³-hybridized carbons (Fsp3) is 0.263.